The van der Waals surface area contributed by atoms with Crippen LogP contribution in [0.1, 0.15) is 39.4 Å². The van der Waals surface area contributed by atoms with E-state index >= 15 is 0 Å². The Balaban J connectivity index is 2.11. The number of carbonyl (C=O) groups is 2. The van der Waals surface area contributed by atoms with Crippen LogP contribution < -0.4 is 5.73 Å². The molecule has 0 saturated heterocycles. The molecule has 0 bridgehead atoms. The van der Waals surface area contributed by atoms with Crippen LogP contribution in [-0.4, -0.2) is 28.8 Å². The van der Waals surface area contributed by atoms with Crippen molar-refractivity contribution in [3.05, 3.63) is 64.7 Å². The topological polar surface area (TPSA) is 103 Å². The van der Waals surface area contributed by atoms with Crippen molar-refractivity contribution in [1.29, 1.82) is 0 Å². The van der Waals surface area contributed by atoms with Gasteiger partial charge in [0.25, 0.3) is 0 Å². The van der Waals surface area contributed by atoms with E-state index in [1.54, 1.807) is 37.3 Å². The van der Waals surface area contributed by atoms with Crippen LogP contribution in [0, 0.1) is 0 Å². The minimum atomic E-state index is -0.617. The Morgan fingerprint density at radius 1 is 1.17 bits per heavy atom. The van der Waals surface area contributed by atoms with E-state index in [2.05, 4.69) is 4.98 Å². The van der Waals surface area contributed by atoms with E-state index in [1.165, 1.54) is 7.11 Å². The minimum absolute atomic E-state index is 0.0123. The van der Waals surface area contributed by atoms with E-state index in [0.717, 1.165) is 11.1 Å². The van der Waals surface area contributed by atoms with Gasteiger partial charge in [-0.05, 0) is 30.7 Å². The monoisotopic (exact) mass is 324 g/mol. The number of benzene rings is 1. The Labute approximate surface area is 138 Å². The second-order valence-corrected chi connectivity index (χ2v) is 5.50. The van der Waals surface area contributed by atoms with Crippen LogP contribution in [0.15, 0.2) is 47.9 Å². The van der Waals surface area contributed by atoms with Gasteiger partial charge < -0.3 is 15.6 Å². The van der Waals surface area contributed by atoms with Gasteiger partial charge in [-0.15, -0.1) is 0 Å². The van der Waals surface area contributed by atoms with Crippen LogP contribution in [0.3, 0.4) is 0 Å². The molecule has 122 valence electrons. The molecule has 1 aliphatic rings. The summed E-state index contributed by atoms with van der Waals surface area (Å²) < 4.78 is 4.93. The molecule has 1 unspecified atom stereocenters. The maximum atomic E-state index is 12.4. The Morgan fingerprint density at radius 2 is 1.92 bits per heavy atom. The summed E-state index contributed by atoms with van der Waals surface area (Å²) in [5, 5.41) is 9.70. The third kappa shape index (κ3) is 2.47. The molecular formula is C18H16N2O4. The van der Waals surface area contributed by atoms with Gasteiger partial charge >= 0.3 is 0 Å². The van der Waals surface area contributed by atoms with Crippen LogP contribution in [-0.2, 0) is 4.74 Å². The number of fused-ring (bicyclic) bond motifs is 1. The largest absolute Gasteiger partial charge is 0.491 e. The summed E-state index contributed by atoms with van der Waals surface area (Å²) in [5.41, 5.74) is 7.63. The summed E-state index contributed by atoms with van der Waals surface area (Å²) in [6.45, 7) is 1.67. The maximum Gasteiger partial charge on any atom is 0.232 e. The predicted molar refractivity (Wildman–Crippen MR) is 87.2 cm³/mol. The smallest absolute Gasteiger partial charge is 0.232 e. The molecule has 0 amide bonds. The zero-order valence-electron chi connectivity index (χ0n) is 13.2. The van der Waals surface area contributed by atoms with Gasteiger partial charge in [0.15, 0.2) is 5.76 Å². The maximum absolute atomic E-state index is 12.4. The molecule has 6 nitrogen and oxygen atoms in total. The van der Waals surface area contributed by atoms with Gasteiger partial charge in [0, 0.05) is 5.56 Å². The number of aliphatic hydroxyl groups excluding tert-OH is 1. The molecule has 0 spiro atoms. The summed E-state index contributed by atoms with van der Waals surface area (Å²) in [7, 11) is 1.29. The number of pyridine rings is 1. The van der Waals surface area contributed by atoms with E-state index in [-0.39, 0.29) is 22.7 Å². The molecule has 1 atom stereocenters. The quantitative estimate of drug-likeness (QED) is 0.895. The van der Waals surface area contributed by atoms with E-state index < -0.39 is 17.7 Å². The van der Waals surface area contributed by atoms with Crippen molar-refractivity contribution in [3.63, 3.8) is 0 Å². The van der Waals surface area contributed by atoms with Crippen molar-refractivity contribution in [2.24, 2.45) is 5.73 Å². The van der Waals surface area contributed by atoms with Gasteiger partial charge in [-0.2, -0.15) is 0 Å². The van der Waals surface area contributed by atoms with E-state index in [1.807, 2.05) is 6.07 Å². The number of rotatable bonds is 3. The first-order chi connectivity index (χ1) is 11.4. The number of hydrogen-bond donors (Lipinski definition) is 2. The second-order valence-electron chi connectivity index (χ2n) is 5.50. The molecule has 0 aliphatic heterocycles. The fraction of sp³-hybridized carbons (Fsp3) is 0.167. The Morgan fingerprint density at radius 3 is 2.58 bits per heavy atom. The molecule has 0 saturated carbocycles. The highest BCUT2D eigenvalue weighted by atomic mass is 16.5. The zero-order valence-corrected chi connectivity index (χ0v) is 13.2. The Kier molecular flexibility index (Phi) is 3.91. The van der Waals surface area contributed by atoms with Gasteiger partial charge in [-0.25, -0.2) is 4.98 Å². The number of hydrogen-bond acceptors (Lipinski definition) is 6. The van der Waals surface area contributed by atoms with Crippen LogP contribution in [0.4, 0.5) is 0 Å². The standard InChI is InChI=1S/C18H16N2O4/c1-9(21)10-4-3-5-11(8-10)13-7-6-12-15(20-13)17(23)14(19)18(24-2)16(12)22/h3-9,21H,19H2,1-2H3. The summed E-state index contributed by atoms with van der Waals surface area (Å²) in [4.78, 5) is 29.0. The van der Waals surface area contributed by atoms with E-state index in [0.29, 0.717) is 5.69 Å². The van der Waals surface area contributed by atoms with Crippen LogP contribution >= 0.6 is 0 Å². The van der Waals surface area contributed by atoms with Crippen molar-refractivity contribution >= 4 is 11.6 Å². The minimum Gasteiger partial charge on any atom is -0.491 e. The Hall–Kier alpha value is -2.99. The number of aliphatic hydroxyl groups is 1. The average Bonchev–Trinajstić information content (AvgIpc) is 2.60. The van der Waals surface area contributed by atoms with Crippen LogP contribution in [0.5, 0.6) is 0 Å². The fourth-order valence-electron chi connectivity index (χ4n) is 2.61. The molecule has 24 heavy (non-hydrogen) atoms. The van der Waals surface area contributed by atoms with E-state index in [4.69, 9.17) is 10.5 Å². The number of Topliss-reactive ketones (excluding diaryl/α,β-unsaturated/α-hetero) is 2. The number of carbonyl (C=O) groups excluding carboxylic acids is 2. The highest BCUT2D eigenvalue weighted by Gasteiger charge is 2.33. The van der Waals surface area contributed by atoms with Gasteiger partial charge in [0.05, 0.1) is 24.5 Å². The first-order valence-electron chi connectivity index (χ1n) is 7.36. The molecule has 0 fully saturated rings. The normalized spacial score (nSPS) is 15.3. The molecule has 6 heteroatoms. The highest BCUT2D eigenvalue weighted by molar-refractivity contribution is 6.25. The molecule has 2 aromatic rings. The third-order valence-electron chi connectivity index (χ3n) is 3.92. The van der Waals surface area contributed by atoms with Crippen LogP contribution in [0.2, 0.25) is 0 Å². The highest BCUT2D eigenvalue weighted by Crippen LogP contribution is 2.27. The number of ketones is 2. The molecule has 1 aliphatic carbocycles. The average molecular weight is 324 g/mol. The SMILES string of the molecule is COC1=C(N)C(=O)c2nc(-c3cccc(C(C)O)c3)ccc2C1=O. The van der Waals surface area contributed by atoms with Crippen molar-refractivity contribution in [3.8, 4) is 11.3 Å². The van der Waals surface area contributed by atoms with Gasteiger partial charge in [-0.3, -0.25) is 9.59 Å². The van der Waals surface area contributed by atoms with Gasteiger partial charge in [0.2, 0.25) is 11.6 Å². The number of ether oxygens (including phenoxy) is 1. The number of methoxy groups -OCH3 is 1. The molecule has 0 radical (unpaired) electrons. The lowest BCUT2D eigenvalue weighted by molar-refractivity contribution is 0.0902. The van der Waals surface area contributed by atoms with E-state index in [9.17, 15) is 14.7 Å². The molecular weight excluding hydrogens is 308 g/mol. The molecule has 1 aromatic carbocycles. The molecule has 1 aromatic heterocycles. The summed E-state index contributed by atoms with van der Waals surface area (Å²) >= 11 is 0. The van der Waals surface area contributed by atoms with Crippen molar-refractivity contribution in [2.75, 3.05) is 7.11 Å². The molecule has 1 heterocycles. The second kappa shape index (κ2) is 5.90. The lowest BCUT2D eigenvalue weighted by atomic mass is 9.94. The predicted octanol–water partition coefficient (Wildman–Crippen LogP) is 2.00. The molecule has 3 rings (SSSR count). The number of allylic oxidation sites excluding steroid dienone is 2. The number of nitrogens with two attached hydrogens (primary N) is 1. The summed E-state index contributed by atoms with van der Waals surface area (Å²) in [6.07, 6.45) is -0.617. The third-order valence-corrected chi connectivity index (χ3v) is 3.92. The molecule has 3 N–H and O–H groups in total. The lowest BCUT2D eigenvalue weighted by Crippen LogP contribution is -2.28. The number of nitrogens with zero attached hydrogens (tertiary/aromatic N) is 1. The first-order valence-corrected chi connectivity index (χ1v) is 7.36. The summed E-state index contributed by atoms with van der Waals surface area (Å²) in [5.74, 6) is -1.14. The zero-order chi connectivity index (χ0) is 17.4. The van der Waals surface area contributed by atoms with Crippen LogP contribution in [0.25, 0.3) is 11.3 Å². The van der Waals surface area contributed by atoms with Crippen molar-refractivity contribution in [2.45, 2.75) is 13.0 Å². The lowest BCUT2D eigenvalue weighted by Gasteiger charge is -2.17. The van der Waals surface area contributed by atoms with Crippen molar-refractivity contribution < 1.29 is 19.4 Å². The number of aromatic nitrogens is 1. The Bertz CT molecular complexity index is 884. The first kappa shape index (κ1) is 15.9. The fourth-order valence-corrected chi connectivity index (χ4v) is 2.61. The van der Waals surface area contributed by atoms with Gasteiger partial charge in [-0.1, -0.05) is 18.2 Å². The van der Waals surface area contributed by atoms with Gasteiger partial charge in [0.1, 0.15) is 11.4 Å². The summed E-state index contributed by atoms with van der Waals surface area (Å²) in [6, 6.07) is 10.4. The van der Waals surface area contributed by atoms with Crippen molar-refractivity contribution in [1.82, 2.24) is 4.98 Å².